The summed E-state index contributed by atoms with van der Waals surface area (Å²) in [6.45, 7) is 2.27. The number of phenolic OH excluding ortho intramolecular Hbond substituents is 1. The smallest absolute Gasteiger partial charge is 0.255 e. The molecule has 4 rings (SSSR count). The number of aliphatic hydroxyl groups excluding tert-OH is 1. The number of nitrogens with zero attached hydrogens (tertiary/aromatic N) is 2. The van der Waals surface area contributed by atoms with Crippen molar-refractivity contribution in [2.45, 2.75) is 38.0 Å². The van der Waals surface area contributed by atoms with Gasteiger partial charge >= 0.3 is 0 Å². The minimum Gasteiger partial charge on any atom is -0.508 e. The molecule has 1 atom stereocenters. The highest BCUT2D eigenvalue weighted by molar-refractivity contribution is 5.97. The van der Waals surface area contributed by atoms with E-state index in [4.69, 9.17) is 4.74 Å². The summed E-state index contributed by atoms with van der Waals surface area (Å²) in [6, 6.07) is 10.7. The molecule has 34 heavy (non-hydrogen) atoms. The molecule has 0 radical (unpaired) electrons. The van der Waals surface area contributed by atoms with Crippen LogP contribution < -0.4 is 10.1 Å². The molecule has 0 unspecified atom stereocenters. The second kappa shape index (κ2) is 10.8. The number of carbonyl (C=O) groups is 2. The molecule has 2 aromatic rings. The molecule has 1 saturated carbocycles. The molecule has 2 fully saturated rings. The fourth-order valence-corrected chi connectivity index (χ4v) is 3.91. The van der Waals surface area contributed by atoms with Gasteiger partial charge in [-0.05, 0) is 42.7 Å². The third kappa shape index (κ3) is 6.68. The van der Waals surface area contributed by atoms with Crippen LogP contribution in [0.2, 0.25) is 0 Å². The lowest BCUT2D eigenvalue weighted by Gasteiger charge is -2.24. The van der Waals surface area contributed by atoms with Crippen LogP contribution in [0.4, 0.5) is 4.39 Å². The van der Waals surface area contributed by atoms with Gasteiger partial charge in [-0.15, -0.1) is 0 Å². The fraction of sp³-hybridized carbons (Fsp3) is 0.440. The van der Waals surface area contributed by atoms with Gasteiger partial charge in [0.1, 0.15) is 30.0 Å². The van der Waals surface area contributed by atoms with E-state index in [0.29, 0.717) is 39.1 Å². The van der Waals surface area contributed by atoms with Crippen molar-refractivity contribution in [1.29, 1.82) is 0 Å². The number of ether oxygens (including phenoxy) is 1. The summed E-state index contributed by atoms with van der Waals surface area (Å²) in [5.74, 6) is -0.517. The first-order valence-corrected chi connectivity index (χ1v) is 11.6. The van der Waals surface area contributed by atoms with E-state index in [2.05, 4.69) is 5.32 Å². The zero-order chi connectivity index (χ0) is 24.1. The molecular formula is C25H30FN3O5. The highest BCUT2D eigenvalue weighted by atomic mass is 19.1. The van der Waals surface area contributed by atoms with Crippen LogP contribution in [0.25, 0.3) is 0 Å². The van der Waals surface area contributed by atoms with Crippen molar-refractivity contribution in [3.05, 3.63) is 59.4 Å². The van der Waals surface area contributed by atoms with Crippen LogP contribution in [0.1, 0.15) is 35.2 Å². The van der Waals surface area contributed by atoms with Crippen molar-refractivity contribution in [2.24, 2.45) is 0 Å². The Hall–Kier alpha value is -3.17. The number of rotatable bonds is 9. The molecular weight excluding hydrogens is 441 g/mol. The Labute approximate surface area is 197 Å². The van der Waals surface area contributed by atoms with Gasteiger partial charge in [0.05, 0.1) is 5.56 Å². The average Bonchev–Trinajstić information content (AvgIpc) is 3.64. The van der Waals surface area contributed by atoms with Crippen LogP contribution in [0.3, 0.4) is 0 Å². The molecule has 0 aromatic heterocycles. The molecule has 2 aromatic carbocycles. The predicted molar refractivity (Wildman–Crippen MR) is 123 cm³/mol. The van der Waals surface area contributed by atoms with Crippen LogP contribution in [0, 0.1) is 5.82 Å². The van der Waals surface area contributed by atoms with Crippen molar-refractivity contribution in [1.82, 2.24) is 15.1 Å². The van der Waals surface area contributed by atoms with Crippen LogP contribution in [0.15, 0.2) is 42.5 Å². The van der Waals surface area contributed by atoms with E-state index >= 15 is 0 Å². The number of carbonyl (C=O) groups excluding carboxylic acids is 2. The Balaban J connectivity index is 1.28. The molecule has 0 spiro atoms. The van der Waals surface area contributed by atoms with E-state index in [1.165, 1.54) is 12.1 Å². The number of aliphatic hydroxyl groups is 1. The number of phenols is 1. The van der Waals surface area contributed by atoms with E-state index in [1.807, 2.05) is 4.90 Å². The number of benzene rings is 2. The van der Waals surface area contributed by atoms with Crippen molar-refractivity contribution in [3.63, 3.8) is 0 Å². The van der Waals surface area contributed by atoms with Crippen LogP contribution in [0.5, 0.6) is 11.5 Å². The molecule has 1 aliphatic carbocycles. The minimum atomic E-state index is -0.874. The molecule has 1 heterocycles. The molecule has 0 bridgehead atoms. The Morgan fingerprint density at radius 3 is 2.65 bits per heavy atom. The summed E-state index contributed by atoms with van der Waals surface area (Å²) in [5.41, 5.74) is 1.18. The number of hydrogen-bond acceptors (Lipinski definition) is 6. The molecule has 9 heteroatoms. The van der Waals surface area contributed by atoms with E-state index in [1.54, 1.807) is 29.2 Å². The molecule has 182 valence electrons. The lowest BCUT2D eigenvalue weighted by atomic mass is 10.2. The molecule has 3 N–H and O–H groups in total. The lowest BCUT2D eigenvalue weighted by molar-refractivity contribution is -0.130. The first-order valence-electron chi connectivity index (χ1n) is 11.6. The Morgan fingerprint density at radius 2 is 1.91 bits per heavy atom. The number of amides is 2. The van der Waals surface area contributed by atoms with Gasteiger partial charge in [0, 0.05) is 51.3 Å². The van der Waals surface area contributed by atoms with E-state index in [9.17, 15) is 24.2 Å². The van der Waals surface area contributed by atoms with Gasteiger partial charge < -0.3 is 25.2 Å². The normalized spacial score (nSPS) is 17.8. The Morgan fingerprint density at radius 1 is 1.15 bits per heavy atom. The largest absolute Gasteiger partial charge is 0.508 e. The lowest BCUT2D eigenvalue weighted by Crippen LogP contribution is -2.38. The van der Waals surface area contributed by atoms with Gasteiger partial charge in [0.15, 0.2) is 0 Å². The van der Waals surface area contributed by atoms with Crippen LogP contribution >= 0.6 is 0 Å². The summed E-state index contributed by atoms with van der Waals surface area (Å²) in [4.78, 5) is 28.7. The van der Waals surface area contributed by atoms with Crippen molar-refractivity contribution >= 4 is 11.8 Å². The van der Waals surface area contributed by atoms with Gasteiger partial charge in [0.25, 0.3) is 5.91 Å². The maximum absolute atomic E-state index is 13.7. The standard InChI is InChI=1S/C25H30FN3O5/c26-18-3-8-22(25(33)27-19-4-5-19)23(13-18)34-16-21(31)15-28-10-9-24(32)29(12-11-28)14-17-1-6-20(30)7-2-17/h1-3,6-8,13,19,21,30-31H,4-5,9-12,14-16H2,(H,27,33)/t21-/m0/s1. The maximum Gasteiger partial charge on any atom is 0.255 e. The first-order chi connectivity index (χ1) is 16.4. The summed E-state index contributed by atoms with van der Waals surface area (Å²) >= 11 is 0. The second-order valence-electron chi connectivity index (χ2n) is 8.89. The zero-order valence-electron chi connectivity index (χ0n) is 19.0. The number of β-amino-alcohol motifs (C(OH)–C–C–N with tert-alkyl or cyclic N) is 1. The van der Waals surface area contributed by atoms with Gasteiger partial charge in [-0.2, -0.15) is 0 Å². The monoisotopic (exact) mass is 471 g/mol. The van der Waals surface area contributed by atoms with Crippen molar-refractivity contribution in [3.8, 4) is 11.5 Å². The van der Waals surface area contributed by atoms with E-state index in [-0.39, 0.29) is 41.5 Å². The molecule has 1 saturated heterocycles. The number of halogens is 1. The minimum absolute atomic E-state index is 0.0346. The summed E-state index contributed by atoms with van der Waals surface area (Å²) < 4.78 is 19.4. The fourth-order valence-electron chi connectivity index (χ4n) is 3.91. The summed E-state index contributed by atoms with van der Waals surface area (Å²) in [6.07, 6.45) is 1.33. The topological polar surface area (TPSA) is 102 Å². The third-order valence-electron chi connectivity index (χ3n) is 5.99. The molecule has 2 amide bonds. The first kappa shape index (κ1) is 24.0. The predicted octanol–water partition coefficient (Wildman–Crippen LogP) is 1.90. The van der Waals surface area contributed by atoms with Gasteiger partial charge in [-0.3, -0.25) is 14.5 Å². The Kier molecular flexibility index (Phi) is 7.64. The summed E-state index contributed by atoms with van der Waals surface area (Å²) in [7, 11) is 0. The third-order valence-corrected chi connectivity index (χ3v) is 5.99. The van der Waals surface area contributed by atoms with Crippen molar-refractivity contribution in [2.75, 3.05) is 32.8 Å². The van der Waals surface area contributed by atoms with Crippen molar-refractivity contribution < 1.29 is 28.9 Å². The summed E-state index contributed by atoms with van der Waals surface area (Å²) in [5, 5.41) is 22.8. The maximum atomic E-state index is 13.7. The Bertz CT molecular complexity index is 1010. The molecule has 1 aliphatic heterocycles. The van der Waals surface area contributed by atoms with Gasteiger partial charge in [-0.1, -0.05) is 12.1 Å². The second-order valence-corrected chi connectivity index (χ2v) is 8.89. The van der Waals surface area contributed by atoms with E-state index in [0.717, 1.165) is 24.5 Å². The van der Waals surface area contributed by atoms with Gasteiger partial charge in [-0.25, -0.2) is 4.39 Å². The molecule has 8 nitrogen and oxygen atoms in total. The average molecular weight is 472 g/mol. The van der Waals surface area contributed by atoms with Crippen LogP contribution in [-0.4, -0.2) is 76.8 Å². The number of hydrogen-bond donors (Lipinski definition) is 3. The van der Waals surface area contributed by atoms with E-state index < -0.39 is 11.9 Å². The SMILES string of the molecule is O=C(NC1CC1)c1ccc(F)cc1OC[C@@H](O)CN1CCC(=O)N(Cc2ccc(O)cc2)CC1. The number of nitrogens with one attached hydrogen (secondary N) is 1. The quantitative estimate of drug-likeness (QED) is 0.516. The zero-order valence-corrected chi connectivity index (χ0v) is 19.0. The molecule has 2 aliphatic rings. The highest BCUT2D eigenvalue weighted by Gasteiger charge is 2.26. The van der Waals surface area contributed by atoms with Gasteiger partial charge in [0.2, 0.25) is 5.91 Å². The highest BCUT2D eigenvalue weighted by Crippen LogP contribution is 2.24. The van der Waals surface area contributed by atoms with Crippen LogP contribution in [-0.2, 0) is 11.3 Å². The number of aromatic hydroxyl groups is 1.